The molecule has 0 N–H and O–H groups in total. The highest BCUT2D eigenvalue weighted by atomic mass is 35.5. The van der Waals surface area contributed by atoms with Gasteiger partial charge in [0.1, 0.15) is 0 Å². The molecule has 0 unspecified atom stereocenters. The van der Waals surface area contributed by atoms with E-state index < -0.39 is 0 Å². The van der Waals surface area contributed by atoms with Crippen molar-refractivity contribution in [3.63, 3.8) is 0 Å². The lowest BCUT2D eigenvalue weighted by atomic mass is 9.80. The molecule has 2 aliphatic rings. The van der Waals surface area contributed by atoms with Gasteiger partial charge in [-0.15, -0.1) is 24.8 Å². The van der Waals surface area contributed by atoms with Crippen LogP contribution in [0, 0.1) is 0 Å². The first kappa shape index (κ1) is 21.1. The summed E-state index contributed by atoms with van der Waals surface area (Å²) in [6, 6.07) is 6.11. The fraction of sp³-hybridized carbons (Fsp3) is 0.381. The van der Waals surface area contributed by atoms with Crippen LogP contribution in [0.4, 0.5) is 0 Å². The van der Waals surface area contributed by atoms with Crippen LogP contribution in [0.3, 0.4) is 0 Å². The van der Waals surface area contributed by atoms with Crippen molar-refractivity contribution in [2.45, 2.75) is 44.9 Å². The molecule has 1 aromatic heterocycles. The summed E-state index contributed by atoms with van der Waals surface area (Å²) in [5.41, 5.74) is 4.87. The number of hydrogen-bond acceptors (Lipinski definition) is 2. The van der Waals surface area contributed by atoms with Crippen molar-refractivity contribution in [1.29, 1.82) is 0 Å². The van der Waals surface area contributed by atoms with Gasteiger partial charge in [0.2, 0.25) is 0 Å². The highest BCUT2D eigenvalue weighted by Gasteiger charge is 2.23. The molecule has 5 heteroatoms. The Bertz CT molecular complexity index is 824. The molecule has 1 aliphatic heterocycles. The van der Waals surface area contributed by atoms with Gasteiger partial charge >= 0.3 is 0 Å². The molecular weight excluding hydrogens is 387 g/mol. The summed E-state index contributed by atoms with van der Waals surface area (Å²) in [6.45, 7) is 3.13. The zero-order valence-electron chi connectivity index (χ0n) is 15.0. The number of fused-ring (bicyclic) bond motifs is 2. The Morgan fingerprint density at radius 1 is 1.08 bits per heavy atom. The van der Waals surface area contributed by atoms with Crippen LogP contribution < -0.4 is 0 Å². The second-order valence-corrected chi connectivity index (χ2v) is 7.22. The Hall–Kier alpha value is -1.22. The highest BCUT2D eigenvalue weighted by Crippen LogP contribution is 2.40. The summed E-state index contributed by atoms with van der Waals surface area (Å²) in [6.07, 6.45) is 15.3. The van der Waals surface area contributed by atoms with Crippen LogP contribution in [0.5, 0.6) is 0 Å². The molecule has 0 amide bonds. The Kier molecular flexibility index (Phi) is 7.40. The third kappa shape index (κ3) is 4.03. The molecule has 1 saturated carbocycles. The fourth-order valence-electron chi connectivity index (χ4n) is 4.02. The fourth-order valence-corrected chi connectivity index (χ4v) is 4.20. The van der Waals surface area contributed by atoms with Gasteiger partial charge < -0.3 is 4.90 Å². The topological polar surface area (TPSA) is 16.1 Å². The van der Waals surface area contributed by atoms with Crippen molar-refractivity contribution in [1.82, 2.24) is 9.88 Å². The Balaban J connectivity index is 0.00000121. The SMILES string of the molecule is CCN1C=Cc2nc3ccc(Cl)cc3c(C3CCCCC3)c2C=C1.Cl.Cl. The van der Waals surface area contributed by atoms with E-state index in [1.54, 1.807) is 0 Å². The van der Waals surface area contributed by atoms with Gasteiger partial charge in [-0.3, -0.25) is 0 Å². The average molecular weight is 412 g/mol. The lowest BCUT2D eigenvalue weighted by Crippen LogP contribution is -2.09. The van der Waals surface area contributed by atoms with E-state index >= 15 is 0 Å². The van der Waals surface area contributed by atoms with Crippen LogP contribution >= 0.6 is 36.4 Å². The van der Waals surface area contributed by atoms with Crippen molar-refractivity contribution >= 4 is 59.5 Å². The lowest BCUT2D eigenvalue weighted by Gasteiger charge is -2.26. The van der Waals surface area contributed by atoms with Crippen LogP contribution in [-0.4, -0.2) is 16.4 Å². The molecule has 0 radical (unpaired) electrons. The normalized spacial score (nSPS) is 16.6. The van der Waals surface area contributed by atoms with E-state index in [4.69, 9.17) is 16.6 Å². The van der Waals surface area contributed by atoms with E-state index in [1.807, 2.05) is 6.07 Å². The van der Waals surface area contributed by atoms with Crippen LogP contribution in [0.1, 0.15) is 61.8 Å². The summed E-state index contributed by atoms with van der Waals surface area (Å²) in [5, 5.41) is 2.03. The van der Waals surface area contributed by atoms with Crippen LogP contribution in [0.2, 0.25) is 5.02 Å². The van der Waals surface area contributed by atoms with Gasteiger partial charge in [0.15, 0.2) is 0 Å². The number of rotatable bonds is 2. The van der Waals surface area contributed by atoms with E-state index in [2.05, 4.69) is 48.5 Å². The first-order valence-electron chi connectivity index (χ1n) is 9.01. The number of hydrogen-bond donors (Lipinski definition) is 0. The van der Waals surface area contributed by atoms with Gasteiger partial charge in [-0.25, -0.2) is 4.98 Å². The molecule has 1 aromatic carbocycles. The van der Waals surface area contributed by atoms with Crippen LogP contribution in [-0.2, 0) is 0 Å². The van der Waals surface area contributed by atoms with Crippen LogP contribution in [0.15, 0.2) is 30.6 Å². The molecule has 0 saturated heterocycles. The molecule has 2 nitrogen and oxygen atoms in total. The van der Waals surface area contributed by atoms with E-state index in [0.717, 1.165) is 22.8 Å². The number of pyridine rings is 1. The third-order valence-corrected chi connectivity index (χ3v) is 5.53. The zero-order chi connectivity index (χ0) is 16.5. The number of benzene rings is 1. The molecule has 0 spiro atoms. The van der Waals surface area contributed by atoms with Crippen LogP contribution in [0.25, 0.3) is 23.1 Å². The lowest BCUT2D eigenvalue weighted by molar-refractivity contribution is 0.445. The van der Waals surface area contributed by atoms with Gasteiger partial charge in [-0.05, 0) is 61.6 Å². The second kappa shape index (κ2) is 9.12. The van der Waals surface area contributed by atoms with Crippen molar-refractivity contribution in [3.05, 3.63) is 52.4 Å². The predicted molar refractivity (Wildman–Crippen MR) is 118 cm³/mol. The van der Waals surface area contributed by atoms with E-state index in [0.29, 0.717) is 5.92 Å². The maximum Gasteiger partial charge on any atom is 0.0727 e. The highest BCUT2D eigenvalue weighted by molar-refractivity contribution is 6.31. The summed E-state index contributed by atoms with van der Waals surface area (Å²) in [5.74, 6) is 0.614. The zero-order valence-corrected chi connectivity index (χ0v) is 17.3. The quantitative estimate of drug-likeness (QED) is 0.526. The van der Waals surface area contributed by atoms with E-state index in [1.165, 1.54) is 48.6 Å². The molecule has 2 aromatic rings. The van der Waals surface area contributed by atoms with E-state index in [-0.39, 0.29) is 24.8 Å². The average Bonchev–Trinajstić information content (AvgIpc) is 2.82. The molecule has 1 aliphatic carbocycles. The molecule has 26 heavy (non-hydrogen) atoms. The molecule has 1 fully saturated rings. The third-order valence-electron chi connectivity index (χ3n) is 5.29. The largest absolute Gasteiger partial charge is 0.354 e. The predicted octanol–water partition coefficient (Wildman–Crippen LogP) is 7.06. The summed E-state index contributed by atoms with van der Waals surface area (Å²) in [4.78, 5) is 7.12. The first-order valence-corrected chi connectivity index (χ1v) is 9.39. The van der Waals surface area contributed by atoms with Gasteiger partial charge in [0, 0.05) is 34.9 Å². The Morgan fingerprint density at radius 3 is 2.54 bits per heavy atom. The maximum atomic E-state index is 6.32. The first-order chi connectivity index (χ1) is 11.8. The van der Waals surface area contributed by atoms with Crippen molar-refractivity contribution in [2.75, 3.05) is 6.54 Å². The minimum atomic E-state index is 0. The molecule has 4 rings (SSSR count). The maximum absolute atomic E-state index is 6.32. The van der Waals surface area contributed by atoms with Crippen molar-refractivity contribution in [3.8, 4) is 0 Å². The smallest absolute Gasteiger partial charge is 0.0727 e. The molecule has 2 heterocycles. The minimum absolute atomic E-state index is 0. The number of aromatic nitrogens is 1. The van der Waals surface area contributed by atoms with Gasteiger partial charge in [-0.1, -0.05) is 30.9 Å². The molecule has 140 valence electrons. The summed E-state index contributed by atoms with van der Waals surface area (Å²) < 4.78 is 0. The minimum Gasteiger partial charge on any atom is -0.354 e. The molecule has 0 bridgehead atoms. The molecular formula is C21H25Cl3N2. The van der Waals surface area contributed by atoms with Gasteiger partial charge in [0.25, 0.3) is 0 Å². The number of nitrogens with zero attached hydrogens (tertiary/aromatic N) is 2. The summed E-state index contributed by atoms with van der Waals surface area (Å²) in [7, 11) is 0. The monoisotopic (exact) mass is 410 g/mol. The standard InChI is InChI=1S/C21H23ClN2.2ClH/c1-2-24-12-10-17-20(11-13-24)23-19-9-8-16(22)14-18(19)21(17)15-6-4-3-5-7-15;;/h8-15H,2-7H2,1H3;2*1H. The van der Waals surface area contributed by atoms with Crippen molar-refractivity contribution < 1.29 is 0 Å². The Labute approximate surface area is 173 Å². The van der Waals surface area contributed by atoms with Crippen molar-refractivity contribution in [2.24, 2.45) is 0 Å². The second-order valence-electron chi connectivity index (χ2n) is 6.78. The van der Waals surface area contributed by atoms with Gasteiger partial charge in [-0.2, -0.15) is 0 Å². The van der Waals surface area contributed by atoms with Gasteiger partial charge in [0.05, 0.1) is 11.2 Å². The summed E-state index contributed by atoms with van der Waals surface area (Å²) >= 11 is 6.32. The Morgan fingerprint density at radius 2 is 1.81 bits per heavy atom. The molecule has 0 atom stereocenters. The number of halogens is 3. The van der Waals surface area contributed by atoms with E-state index in [9.17, 15) is 0 Å².